The molecule has 0 aromatic carbocycles. The van der Waals surface area contributed by atoms with E-state index in [-0.39, 0.29) is 17.2 Å². The summed E-state index contributed by atoms with van der Waals surface area (Å²) >= 11 is 1.59. The lowest BCUT2D eigenvalue weighted by atomic mass is 10.3. The summed E-state index contributed by atoms with van der Waals surface area (Å²) in [7, 11) is 1.70. The average molecular weight is 249 g/mol. The zero-order chi connectivity index (χ0) is 12.3. The molecule has 0 saturated heterocycles. The van der Waals surface area contributed by atoms with Crippen LogP contribution in [0.2, 0.25) is 0 Å². The molecule has 0 spiro atoms. The normalized spacial score (nSPS) is 10.2. The van der Waals surface area contributed by atoms with Crippen molar-refractivity contribution in [2.24, 2.45) is 0 Å². The lowest BCUT2D eigenvalue weighted by Crippen LogP contribution is -2.27. The van der Waals surface area contributed by atoms with E-state index < -0.39 is 0 Å². The number of H-pyrrole nitrogens is 1. The van der Waals surface area contributed by atoms with Crippen molar-refractivity contribution in [1.82, 2.24) is 15.1 Å². The number of hydrogen-bond acceptors (Lipinski definition) is 4. The average Bonchev–Trinajstić information content (AvgIpc) is 2.82. The highest BCUT2D eigenvalue weighted by Crippen LogP contribution is 2.11. The minimum atomic E-state index is -0.317. The van der Waals surface area contributed by atoms with Crippen molar-refractivity contribution in [3.8, 4) is 0 Å². The molecule has 0 radical (unpaired) electrons. The van der Waals surface area contributed by atoms with Crippen molar-refractivity contribution in [3.63, 3.8) is 0 Å². The third-order valence-electron chi connectivity index (χ3n) is 2.22. The van der Waals surface area contributed by atoms with Gasteiger partial charge in [-0.25, -0.2) is 5.10 Å². The molecular formula is C11H11N3O2S. The predicted octanol–water partition coefficient (Wildman–Crippen LogP) is 1.10. The van der Waals surface area contributed by atoms with E-state index in [9.17, 15) is 9.59 Å². The van der Waals surface area contributed by atoms with Gasteiger partial charge >= 0.3 is 0 Å². The van der Waals surface area contributed by atoms with Crippen LogP contribution < -0.4 is 5.56 Å². The van der Waals surface area contributed by atoms with Crippen LogP contribution in [0.3, 0.4) is 0 Å². The smallest absolute Gasteiger partial charge is 0.274 e. The van der Waals surface area contributed by atoms with Crippen molar-refractivity contribution in [3.05, 3.63) is 50.6 Å². The number of aromatic amines is 1. The number of carbonyl (C=O) groups is 1. The number of carbonyl (C=O) groups excluding carboxylic acids is 1. The minimum absolute atomic E-state index is 0.213. The van der Waals surface area contributed by atoms with Crippen molar-refractivity contribution in [2.45, 2.75) is 6.54 Å². The topological polar surface area (TPSA) is 66.1 Å². The van der Waals surface area contributed by atoms with Crippen LogP contribution in [0.4, 0.5) is 0 Å². The molecule has 2 aromatic heterocycles. The second-order valence-electron chi connectivity index (χ2n) is 3.55. The van der Waals surface area contributed by atoms with Gasteiger partial charge in [-0.3, -0.25) is 9.59 Å². The van der Waals surface area contributed by atoms with Crippen molar-refractivity contribution >= 4 is 17.2 Å². The molecule has 2 aromatic rings. The summed E-state index contributed by atoms with van der Waals surface area (Å²) in [5.74, 6) is -0.213. The number of hydrogen-bond donors (Lipinski definition) is 1. The molecule has 0 bridgehead atoms. The molecular weight excluding hydrogens is 238 g/mol. The number of aromatic nitrogens is 2. The molecule has 88 valence electrons. The van der Waals surface area contributed by atoms with Gasteiger partial charge in [0.2, 0.25) is 0 Å². The second-order valence-corrected chi connectivity index (χ2v) is 4.58. The van der Waals surface area contributed by atoms with E-state index in [2.05, 4.69) is 10.2 Å². The van der Waals surface area contributed by atoms with Crippen LogP contribution in [0.5, 0.6) is 0 Å². The largest absolute Gasteiger partial charge is 0.335 e. The Kier molecular flexibility index (Phi) is 3.34. The Morgan fingerprint density at radius 1 is 1.47 bits per heavy atom. The van der Waals surface area contributed by atoms with Crippen molar-refractivity contribution in [2.75, 3.05) is 7.05 Å². The number of nitrogens with one attached hydrogen (secondary N) is 1. The van der Waals surface area contributed by atoms with E-state index in [1.165, 1.54) is 12.1 Å². The van der Waals surface area contributed by atoms with Crippen LogP contribution in [0.25, 0.3) is 0 Å². The first kappa shape index (κ1) is 11.5. The van der Waals surface area contributed by atoms with E-state index in [4.69, 9.17) is 0 Å². The first-order valence-electron chi connectivity index (χ1n) is 5.00. The molecule has 1 amide bonds. The summed E-state index contributed by atoms with van der Waals surface area (Å²) < 4.78 is 0. The summed E-state index contributed by atoms with van der Waals surface area (Å²) in [4.78, 5) is 25.4. The molecule has 0 aliphatic rings. The second kappa shape index (κ2) is 4.92. The lowest BCUT2D eigenvalue weighted by molar-refractivity contribution is 0.0779. The molecule has 0 atom stereocenters. The highest BCUT2D eigenvalue weighted by molar-refractivity contribution is 7.09. The number of nitrogens with zero attached hydrogens (tertiary/aromatic N) is 2. The van der Waals surface area contributed by atoms with Gasteiger partial charge in [0.15, 0.2) is 0 Å². The van der Waals surface area contributed by atoms with E-state index in [0.29, 0.717) is 6.54 Å². The highest BCUT2D eigenvalue weighted by Gasteiger charge is 2.13. The van der Waals surface area contributed by atoms with Crippen LogP contribution in [0.15, 0.2) is 34.4 Å². The van der Waals surface area contributed by atoms with Gasteiger partial charge in [0.05, 0.1) is 6.54 Å². The van der Waals surface area contributed by atoms with Gasteiger partial charge in [-0.1, -0.05) is 6.07 Å². The molecule has 0 aliphatic heterocycles. The Hall–Kier alpha value is -1.95. The Labute approximate surface area is 102 Å². The maximum Gasteiger partial charge on any atom is 0.274 e. The fourth-order valence-corrected chi connectivity index (χ4v) is 2.12. The van der Waals surface area contributed by atoms with Gasteiger partial charge in [-0.05, 0) is 17.5 Å². The highest BCUT2D eigenvalue weighted by atomic mass is 32.1. The summed E-state index contributed by atoms with van der Waals surface area (Å²) in [6.07, 6.45) is 0. The Bertz CT molecular complexity index is 542. The van der Waals surface area contributed by atoms with Crippen LogP contribution in [0.1, 0.15) is 15.4 Å². The van der Waals surface area contributed by atoms with E-state index in [1.807, 2.05) is 17.5 Å². The predicted molar refractivity (Wildman–Crippen MR) is 65.0 cm³/mol. The lowest BCUT2D eigenvalue weighted by Gasteiger charge is -2.15. The van der Waals surface area contributed by atoms with Crippen molar-refractivity contribution in [1.29, 1.82) is 0 Å². The van der Waals surface area contributed by atoms with Gasteiger partial charge in [-0.15, -0.1) is 11.3 Å². The van der Waals surface area contributed by atoms with E-state index >= 15 is 0 Å². The molecule has 0 unspecified atom stereocenters. The van der Waals surface area contributed by atoms with Crippen LogP contribution in [-0.4, -0.2) is 28.1 Å². The molecule has 2 rings (SSSR count). The number of amides is 1. The van der Waals surface area contributed by atoms with Crippen LogP contribution in [0, 0.1) is 0 Å². The summed E-state index contributed by atoms with van der Waals surface area (Å²) in [6.45, 7) is 0.539. The third kappa shape index (κ3) is 2.79. The third-order valence-corrected chi connectivity index (χ3v) is 3.08. The molecule has 0 fully saturated rings. The molecule has 17 heavy (non-hydrogen) atoms. The maximum absolute atomic E-state index is 11.9. The molecule has 5 nitrogen and oxygen atoms in total. The standard InChI is InChI=1S/C11H11N3O2S/c1-14(7-8-3-2-6-17-8)11(16)9-4-5-10(15)13-12-9/h2-6H,7H2,1H3,(H,13,15). The Balaban J connectivity index is 2.09. The zero-order valence-corrected chi connectivity index (χ0v) is 10.0. The van der Waals surface area contributed by atoms with Crippen LogP contribution >= 0.6 is 11.3 Å². The van der Waals surface area contributed by atoms with Gasteiger partial charge in [0.25, 0.3) is 11.5 Å². The first-order valence-corrected chi connectivity index (χ1v) is 5.88. The van der Waals surface area contributed by atoms with Gasteiger partial charge in [0, 0.05) is 18.0 Å². The summed E-state index contributed by atoms with van der Waals surface area (Å²) in [6, 6.07) is 6.62. The van der Waals surface area contributed by atoms with Gasteiger partial charge in [-0.2, -0.15) is 5.10 Å². The van der Waals surface area contributed by atoms with Crippen molar-refractivity contribution < 1.29 is 4.79 Å². The first-order chi connectivity index (χ1) is 8.16. The molecule has 0 aliphatic carbocycles. The Morgan fingerprint density at radius 2 is 2.29 bits per heavy atom. The zero-order valence-electron chi connectivity index (χ0n) is 9.21. The number of rotatable bonds is 3. The van der Waals surface area contributed by atoms with E-state index in [1.54, 1.807) is 23.3 Å². The number of thiophene rings is 1. The van der Waals surface area contributed by atoms with E-state index in [0.717, 1.165) is 4.88 Å². The van der Waals surface area contributed by atoms with Crippen LogP contribution in [-0.2, 0) is 6.54 Å². The van der Waals surface area contributed by atoms with Gasteiger partial charge in [0.1, 0.15) is 5.69 Å². The van der Waals surface area contributed by atoms with Gasteiger partial charge < -0.3 is 4.90 Å². The summed E-state index contributed by atoms with van der Waals surface area (Å²) in [5, 5.41) is 7.91. The monoisotopic (exact) mass is 249 g/mol. The quantitative estimate of drug-likeness (QED) is 0.886. The fraction of sp³-hybridized carbons (Fsp3) is 0.182. The molecule has 6 heteroatoms. The fourth-order valence-electron chi connectivity index (χ4n) is 1.37. The molecule has 2 heterocycles. The Morgan fingerprint density at radius 3 is 2.88 bits per heavy atom. The SMILES string of the molecule is CN(Cc1cccs1)C(=O)c1ccc(=O)[nH]n1. The minimum Gasteiger partial charge on any atom is -0.335 e. The molecule has 1 N–H and O–H groups in total. The maximum atomic E-state index is 11.9. The summed E-state index contributed by atoms with van der Waals surface area (Å²) in [5.41, 5.74) is -0.0777. The molecule has 0 saturated carbocycles.